The molecule has 0 unspecified atom stereocenters. The monoisotopic (exact) mass is 627 g/mol. The van der Waals surface area contributed by atoms with Crippen LogP contribution in [-0.4, -0.2) is 47.4 Å². The summed E-state index contributed by atoms with van der Waals surface area (Å²) in [5, 5.41) is 21.5. The van der Waals surface area contributed by atoms with Crippen molar-refractivity contribution in [1.82, 2.24) is 24.5 Å². The van der Waals surface area contributed by atoms with Gasteiger partial charge in [0.05, 0.1) is 34.5 Å². The van der Waals surface area contributed by atoms with E-state index in [1.807, 2.05) is 0 Å². The second-order valence-corrected chi connectivity index (χ2v) is 10.0. The summed E-state index contributed by atoms with van der Waals surface area (Å²) in [7, 11) is 0. The molecule has 0 aliphatic carbocycles. The summed E-state index contributed by atoms with van der Waals surface area (Å²) in [6.07, 6.45) is -0.00315. The van der Waals surface area contributed by atoms with Crippen molar-refractivity contribution in [1.29, 1.82) is 0 Å². The molecule has 0 saturated carbocycles. The topological polar surface area (TPSA) is 161 Å². The molecule has 12 nitrogen and oxygen atoms in total. The number of anilines is 2. The molecule has 2 aromatic carbocycles. The van der Waals surface area contributed by atoms with Crippen molar-refractivity contribution in [2.45, 2.75) is 31.9 Å². The van der Waals surface area contributed by atoms with Gasteiger partial charge < -0.3 is 15.7 Å². The number of nitrogens with zero attached hydrogens (tertiary/aromatic N) is 5. The number of carbonyl (C=O) groups excluding carboxylic acids is 2. The summed E-state index contributed by atoms with van der Waals surface area (Å²) in [6.45, 7) is 0. The molecule has 3 heterocycles. The minimum Gasteiger partial charge on any atom is -0.478 e. The number of fused-ring (bicyclic) bond motifs is 1. The Kier molecular flexibility index (Phi) is 8.31. The van der Waals surface area contributed by atoms with Gasteiger partial charge in [0.25, 0.3) is 11.5 Å². The molecule has 0 atom stereocenters. The molecule has 5 rings (SSSR count). The average molecular weight is 628 g/mol. The maximum Gasteiger partial charge on any atom is 0.436 e. The highest BCUT2D eigenvalue weighted by atomic mass is 35.5. The van der Waals surface area contributed by atoms with Crippen LogP contribution in [0.5, 0.6) is 0 Å². The number of rotatable bonds is 4. The van der Waals surface area contributed by atoms with Crippen LogP contribution in [0.25, 0.3) is 22.6 Å². The van der Waals surface area contributed by atoms with E-state index in [2.05, 4.69) is 25.9 Å². The van der Waals surface area contributed by atoms with Gasteiger partial charge in [-0.3, -0.25) is 19.0 Å². The first-order chi connectivity index (χ1) is 20.9. The van der Waals surface area contributed by atoms with Gasteiger partial charge in [-0.1, -0.05) is 22.9 Å². The molecule has 226 valence electrons. The van der Waals surface area contributed by atoms with Crippen molar-refractivity contribution >= 4 is 46.5 Å². The van der Waals surface area contributed by atoms with Crippen molar-refractivity contribution < 1.29 is 32.7 Å². The zero-order chi connectivity index (χ0) is 31.6. The third-order valence-electron chi connectivity index (χ3n) is 6.55. The molecular weight excluding hydrogens is 607 g/mol. The number of alkyl halides is 3. The smallest absolute Gasteiger partial charge is 0.436 e. The van der Waals surface area contributed by atoms with Crippen molar-refractivity contribution in [3.63, 3.8) is 0 Å². The molecule has 0 spiro atoms. The highest BCUT2D eigenvalue weighted by molar-refractivity contribution is 6.31. The third-order valence-corrected chi connectivity index (χ3v) is 6.79. The molecule has 1 aliphatic heterocycles. The van der Waals surface area contributed by atoms with Crippen LogP contribution in [0, 0.1) is 0 Å². The van der Waals surface area contributed by atoms with Gasteiger partial charge in [-0.15, -0.1) is 5.10 Å². The molecule has 2 amide bonds. The number of allylic oxidation sites excluding steroid dienone is 1. The SMILES string of the molecule is O=C1CCCC/C=C(/n2cnc(-c3cc(Cl)ccc3-n3cc(C(F)(F)F)nn3)cc2=O)C(=O)Nc2ccc(C(=O)O)cc2N1. The first-order valence-electron chi connectivity index (χ1n) is 13.0. The quantitative estimate of drug-likeness (QED) is 0.289. The zero-order valence-electron chi connectivity index (χ0n) is 22.4. The van der Waals surface area contributed by atoms with Gasteiger partial charge in [0.15, 0.2) is 5.69 Å². The lowest BCUT2D eigenvalue weighted by Gasteiger charge is -2.17. The van der Waals surface area contributed by atoms with E-state index >= 15 is 0 Å². The van der Waals surface area contributed by atoms with Gasteiger partial charge >= 0.3 is 12.1 Å². The van der Waals surface area contributed by atoms with Crippen LogP contribution < -0.4 is 16.2 Å². The van der Waals surface area contributed by atoms with Gasteiger partial charge in [-0.25, -0.2) is 14.5 Å². The predicted octanol–water partition coefficient (Wildman–Crippen LogP) is 4.85. The predicted molar refractivity (Wildman–Crippen MR) is 152 cm³/mol. The second-order valence-electron chi connectivity index (χ2n) is 9.59. The van der Waals surface area contributed by atoms with Crippen molar-refractivity contribution in [3.05, 3.63) is 87.7 Å². The number of amides is 2. The Labute approximate surface area is 250 Å². The van der Waals surface area contributed by atoms with E-state index in [4.69, 9.17) is 11.6 Å². The van der Waals surface area contributed by atoms with Crippen LogP contribution in [0.1, 0.15) is 41.7 Å². The number of carboxylic acid groups (broad SMARTS) is 1. The minimum atomic E-state index is -4.73. The van der Waals surface area contributed by atoms with Crippen LogP contribution in [-0.2, 0) is 15.8 Å². The Balaban J connectivity index is 1.52. The van der Waals surface area contributed by atoms with E-state index in [0.717, 1.165) is 21.6 Å². The fraction of sp³-hybridized carbons (Fsp3) is 0.179. The molecule has 1 aliphatic rings. The number of nitrogens with one attached hydrogen (secondary N) is 2. The highest BCUT2D eigenvalue weighted by Gasteiger charge is 2.35. The van der Waals surface area contributed by atoms with Crippen molar-refractivity contribution in [3.8, 4) is 16.9 Å². The third kappa shape index (κ3) is 6.52. The van der Waals surface area contributed by atoms with E-state index in [1.165, 1.54) is 42.5 Å². The molecule has 3 N–H and O–H groups in total. The molecule has 0 fully saturated rings. The van der Waals surface area contributed by atoms with E-state index in [9.17, 15) is 37.5 Å². The Morgan fingerprint density at radius 1 is 1.00 bits per heavy atom. The van der Waals surface area contributed by atoms with Crippen molar-refractivity contribution in [2.24, 2.45) is 0 Å². The Hall–Kier alpha value is -5.31. The normalized spacial score (nSPS) is 15.6. The second kappa shape index (κ2) is 12.1. The van der Waals surface area contributed by atoms with Gasteiger partial charge in [-0.2, -0.15) is 13.2 Å². The molecule has 44 heavy (non-hydrogen) atoms. The van der Waals surface area contributed by atoms with Gasteiger partial charge in [0.1, 0.15) is 12.0 Å². The van der Waals surface area contributed by atoms with Gasteiger partial charge in [0, 0.05) is 23.1 Å². The summed E-state index contributed by atoms with van der Waals surface area (Å²) < 4.78 is 41.3. The van der Waals surface area contributed by atoms with Gasteiger partial charge in [-0.05, 0) is 55.7 Å². The number of hydrogen-bond donors (Lipinski definition) is 3. The Morgan fingerprint density at radius 2 is 1.80 bits per heavy atom. The van der Waals surface area contributed by atoms with Crippen LogP contribution >= 0.6 is 11.6 Å². The number of benzene rings is 2. The number of carbonyl (C=O) groups is 3. The van der Waals surface area contributed by atoms with Crippen LogP contribution in [0.3, 0.4) is 0 Å². The molecule has 0 saturated heterocycles. The van der Waals surface area contributed by atoms with E-state index in [1.54, 1.807) is 0 Å². The fourth-order valence-corrected chi connectivity index (χ4v) is 4.58. The first kappa shape index (κ1) is 30.2. The summed E-state index contributed by atoms with van der Waals surface area (Å²) >= 11 is 6.15. The lowest BCUT2D eigenvalue weighted by Crippen LogP contribution is -2.27. The van der Waals surface area contributed by atoms with Crippen molar-refractivity contribution in [2.75, 3.05) is 10.6 Å². The summed E-state index contributed by atoms with van der Waals surface area (Å²) in [5.74, 6) is -2.33. The number of aromatic nitrogens is 5. The lowest BCUT2D eigenvalue weighted by molar-refractivity contribution is -0.141. The highest BCUT2D eigenvalue weighted by Crippen LogP contribution is 2.31. The van der Waals surface area contributed by atoms with Crippen LogP contribution in [0.4, 0.5) is 24.5 Å². The Bertz CT molecular complexity index is 1880. The minimum absolute atomic E-state index is 0.0382. The fourth-order valence-electron chi connectivity index (χ4n) is 4.41. The molecule has 0 bridgehead atoms. The van der Waals surface area contributed by atoms with Crippen LogP contribution in [0.15, 0.2) is 65.9 Å². The average Bonchev–Trinajstić information content (AvgIpc) is 3.46. The standard InChI is InChI=1S/C28H21ClF3N7O5/c29-16-7-9-21(39-13-23(36-37-39)28(30,31)32)17(11-16)19-12-25(41)38(14-33-19)22-4-2-1-3-5-24(40)34-20-10-15(27(43)44)6-8-18(20)35-26(22)42/h4,6-14H,1-3,5H2,(H,34,40)(H,35,42)(H,43,44)/b22-4+. The summed E-state index contributed by atoms with van der Waals surface area (Å²) in [4.78, 5) is 54.9. The summed E-state index contributed by atoms with van der Waals surface area (Å²) in [6, 6.07) is 9.10. The maximum atomic E-state index is 13.4. The van der Waals surface area contributed by atoms with E-state index in [0.29, 0.717) is 25.5 Å². The molecule has 4 aromatic rings. The molecule has 2 aromatic heterocycles. The van der Waals surface area contributed by atoms with Crippen LogP contribution in [0.2, 0.25) is 5.02 Å². The number of hydrogen-bond acceptors (Lipinski definition) is 7. The molecular formula is C28H21ClF3N7O5. The number of halogens is 4. The zero-order valence-corrected chi connectivity index (χ0v) is 23.2. The molecule has 0 radical (unpaired) electrons. The lowest BCUT2D eigenvalue weighted by atomic mass is 10.1. The largest absolute Gasteiger partial charge is 0.478 e. The summed E-state index contributed by atoms with van der Waals surface area (Å²) in [5.41, 5.74) is -1.62. The maximum absolute atomic E-state index is 13.4. The van der Waals surface area contributed by atoms with E-state index < -0.39 is 29.3 Å². The number of aromatic carboxylic acids is 1. The van der Waals surface area contributed by atoms with Gasteiger partial charge in [0.2, 0.25) is 5.91 Å². The molecule has 16 heteroatoms. The number of carboxylic acids is 1. The van der Waals surface area contributed by atoms with E-state index in [-0.39, 0.29) is 56.9 Å². The first-order valence-corrected chi connectivity index (χ1v) is 13.4. The Morgan fingerprint density at radius 3 is 2.50 bits per heavy atom.